The summed E-state index contributed by atoms with van der Waals surface area (Å²) < 4.78 is 5.71. The van der Waals surface area contributed by atoms with Gasteiger partial charge in [0.25, 0.3) is 0 Å². The van der Waals surface area contributed by atoms with Crippen LogP contribution in [0.5, 0.6) is 5.75 Å². The molecule has 4 heteroatoms. The Hall–Kier alpha value is -3.27. The number of carbonyl (C=O) groups excluding carboxylic acids is 1. The molecule has 0 atom stereocenters. The van der Waals surface area contributed by atoms with Gasteiger partial charge in [-0.1, -0.05) is 60.7 Å². The molecule has 0 radical (unpaired) electrons. The first kappa shape index (κ1) is 18.5. The lowest BCUT2D eigenvalue weighted by Crippen LogP contribution is -2.41. The fourth-order valence-electron chi connectivity index (χ4n) is 2.78. The first-order chi connectivity index (χ1) is 13.2. The summed E-state index contributed by atoms with van der Waals surface area (Å²) in [5, 5.41) is 2.95. The van der Waals surface area contributed by atoms with E-state index in [0.29, 0.717) is 19.7 Å². The summed E-state index contributed by atoms with van der Waals surface area (Å²) in [5.74, 6) is 0.813. The van der Waals surface area contributed by atoms with Crippen LogP contribution in [0.1, 0.15) is 11.1 Å². The number of amides is 2. The number of anilines is 1. The van der Waals surface area contributed by atoms with Crippen LogP contribution in [0, 0.1) is 6.92 Å². The van der Waals surface area contributed by atoms with Gasteiger partial charge in [-0.3, -0.25) is 4.90 Å². The average Bonchev–Trinajstić information content (AvgIpc) is 2.71. The second-order valence-electron chi connectivity index (χ2n) is 6.30. The minimum atomic E-state index is -0.141. The number of aryl methyl sites for hydroxylation is 1. The summed E-state index contributed by atoms with van der Waals surface area (Å²) in [7, 11) is 0. The van der Waals surface area contributed by atoms with Crippen molar-refractivity contribution >= 4 is 11.7 Å². The highest BCUT2D eigenvalue weighted by Crippen LogP contribution is 2.17. The molecule has 0 bridgehead atoms. The van der Waals surface area contributed by atoms with Crippen LogP contribution in [0.2, 0.25) is 0 Å². The maximum atomic E-state index is 12.8. The first-order valence-corrected chi connectivity index (χ1v) is 9.06. The Labute approximate surface area is 160 Å². The van der Waals surface area contributed by atoms with Gasteiger partial charge in [-0.25, -0.2) is 4.79 Å². The molecule has 2 amide bonds. The number of nitrogens with zero attached hydrogens (tertiary/aromatic N) is 1. The lowest BCUT2D eigenvalue weighted by molar-refractivity contribution is 0.241. The maximum Gasteiger partial charge on any atom is 0.322 e. The molecule has 0 unspecified atom stereocenters. The number of hydrogen-bond donors (Lipinski definition) is 1. The van der Waals surface area contributed by atoms with E-state index in [-0.39, 0.29) is 6.03 Å². The number of benzene rings is 3. The Bertz CT molecular complexity index is 851. The summed E-state index contributed by atoms with van der Waals surface area (Å²) in [5.41, 5.74) is 3.08. The van der Waals surface area contributed by atoms with E-state index in [0.717, 1.165) is 22.6 Å². The first-order valence-electron chi connectivity index (χ1n) is 9.06. The molecule has 1 N–H and O–H groups in total. The van der Waals surface area contributed by atoms with Crippen molar-refractivity contribution in [3.63, 3.8) is 0 Å². The van der Waals surface area contributed by atoms with Gasteiger partial charge in [0.2, 0.25) is 0 Å². The molecule has 0 saturated carbocycles. The number of rotatable bonds is 7. The minimum Gasteiger partial charge on any atom is -0.492 e. The monoisotopic (exact) mass is 360 g/mol. The molecular weight excluding hydrogens is 336 g/mol. The molecule has 4 nitrogen and oxygen atoms in total. The number of carbonyl (C=O) groups is 1. The van der Waals surface area contributed by atoms with Crippen molar-refractivity contribution < 1.29 is 9.53 Å². The summed E-state index contributed by atoms with van der Waals surface area (Å²) in [6.45, 7) is 3.39. The van der Waals surface area contributed by atoms with Crippen LogP contribution >= 0.6 is 0 Å². The summed E-state index contributed by atoms with van der Waals surface area (Å²) in [4.78, 5) is 14.5. The topological polar surface area (TPSA) is 41.6 Å². The number of hydrogen-bond acceptors (Lipinski definition) is 2. The molecule has 3 aromatic rings. The SMILES string of the molecule is Cc1cccc(OCCNC(=O)N(Cc2ccccc2)c2ccccc2)c1. The highest BCUT2D eigenvalue weighted by molar-refractivity contribution is 5.91. The van der Waals surface area contributed by atoms with E-state index in [9.17, 15) is 4.79 Å². The molecular formula is C23H24N2O2. The fraction of sp³-hybridized carbons (Fsp3) is 0.174. The normalized spacial score (nSPS) is 10.3. The molecule has 0 heterocycles. The predicted octanol–water partition coefficient (Wildman–Crippen LogP) is 4.79. The highest BCUT2D eigenvalue weighted by Gasteiger charge is 2.15. The van der Waals surface area contributed by atoms with Gasteiger partial charge in [-0.05, 0) is 42.3 Å². The van der Waals surface area contributed by atoms with E-state index in [1.807, 2.05) is 91.9 Å². The van der Waals surface area contributed by atoms with Crippen LogP contribution < -0.4 is 15.0 Å². The molecule has 0 aromatic heterocycles. The van der Waals surface area contributed by atoms with Gasteiger partial charge in [0, 0.05) is 5.69 Å². The van der Waals surface area contributed by atoms with Crippen LogP contribution in [-0.4, -0.2) is 19.2 Å². The second-order valence-corrected chi connectivity index (χ2v) is 6.30. The largest absolute Gasteiger partial charge is 0.492 e. The molecule has 27 heavy (non-hydrogen) atoms. The number of urea groups is 1. The third-order valence-corrected chi connectivity index (χ3v) is 4.13. The van der Waals surface area contributed by atoms with Gasteiger partial charge in [-0.15, -0.1) is 0 Å². The third kappa shape index (κ3) is 5.61. The van der Waals surface area contributed by atoms with Gasteiger partial charge < -0.3 is 10.1 Å². The molecule has 0 aliphatic rings. The fourth-order valence-corrected chi connectivity index (χ4v) is 2.78. The predicted molar refractivity (Wildman–Crippen MR) is 109 cm³/mol. The van der Waals surface area contributed by atoms with Gasteiger partial charge in [-0.2, -0.15) is 0 Å². The molecule has 3 rings (SSSR count). The lowest BCUT2D eigenvalue weighted by atomic mass is 10.2. The zero-order valence-corrected chi connectivity index (χ0v) is 15.5. The van der Waals surface area contributed by atoms with Crippen LogP contribution in [0.15, 0.2) is 84.9 Å². The van der Waals surface area contributed by atoms with Crippen LogP contribution in [0.25, 0.3) is 0 Å². The minimum absolute atomic E-state index is 0.141. The summed E-state index contributed by atoms with van der Waals surface area (Å²) in [6.07, 6.45) is 0. The van der Waals surface area contributed by atoms with Crippen molar-refractivity contribution in [1.29, 1.82) is 0 Å². The molecule has 0 saturated heterocycles. The maximum absolute atomic E-state index is 12.8. The van der Waals surface area contributed by atoms with Crippen molar-refractivity contribution in [3.05, 3.63) is 96.1 Å². The van der Waals surface area contributed by atoms with Crippen molar-refractivity contribution in [2.24, 2.45) is 0 Å². The number of ether oxygens (including phenoxy) is 1. The molecule has 3 aromatic carbocycles. The zero-order chi connectivity index (χ0) is 18.9. The van der Waals surface area contributed by atoms with Crippen LogP contribution in [-0.2, 0) is 6.54 Å². The zero-order valence-electron chi connectivity index (χ0n) is 15.5. The highest BCUT2D eigenvalue weighted by atomic mass is 16.5. The Balaban J connectivity index is 1.59. The van der Waals surface area contributed by atoms with Crippen molar-refractivity contribution in [2.45, 2.75) is 13.5 Å². The smallest absolute Gasteiger partial charge is 0.322 e. The Kier molecular flexibility index (Phi) is 6.47. The van der Waals surface area contributed by atoms with Crippen LogP contribution in [0.4, 0.5) is 10.5 Å². The molecule has 0 fully saturated rings. The van der Waals surface area contributed by atoms with E-state index < -0.39 is 0 Å². The Morgan fingerprint density at radius 3 is 2.33 bits per heavy atom. The van der Waals surface area contributed by atoms with Gasteiger partial charge in [0.15, 0.2) is 0 Å². The molecule has 0 aliphatic heterocycles. The van der Waals surface area contributed by atoms with Crippen molar-refractivity contribution in [1.82, 2.24) is 5.32 Å². The summed E-state index contributed by atoms with van der Waals surface area (Å²) >= 11 is 0. The summed E-state index contributed by atoms with van der Waals surface area (Å²) in [6, 6.07) is 27.4. The van der Waals surface area contributed by atoms with E-state index in [2.05, 4.69) is 5.32 Å². The standard InChI is InChI=1S/C23H24N2O2/c1-19-9-8-14-22(17-19)27-16-15-24-23(26)25(21-12-6-3-7-13-21)18-20-10-4-2-5-11-20/h2-14,17H,15-16,18H2,1H3,(H,24,26). The third-order valence-electron chi connectivity index (χ3n) is 4.13. The molecule has 0 spiro atoms. The Morgan fingerprint density at radius 1 is 0.926 bits per heavy atom. The van der Waals surface area contributed by atoms with Crippen LogP contribution in [0.3, 0.4) is 0 Å². The van der Waals surface area contributed by atoms with Crippen molar-refractivity contribution in [3.8, 4) is 5.75 Å². The van der Waals surface area contributed by atoms with E-state index >= 15 is 0 Å². The van der Waals surface area contributed by atoms with Gasteiger partial charge >= 0.3 is 6.03 Å². The lowest BCUT2D eigenvalue weighted by Gasteiger charge is -2.23. The van der Waals surface area contributed by atoms with Gasteiger partial charge in [0.1, 0.15) is 12.4 Å². The average molecular weight is 360 g/mol. The number of para-hydroxylation sites is 1. The second kappa shape index (κ2) is 9.43. The van der Waals surface area contributed by atoms with Gasteiger partial charge in [0.05, 0.1) is 13.1 Å². The van der Waals surface area contributed by atoms with Crippen molar-refractivity contribution in [2.75, 3.05) is 18.1 Å². The molecule has 138 valence electrons. The van der Waals surface area contributed by atoms with E-state index in [1.165, 1.54) is 0 Å². The van der Waals surface area contributed by atoms with E-state index in [4.69, 9.17) is 4.74 Å². The number of nitrogens with one attached hydrogen (secondary N) is 1. The molecule has 0 aliphatic carbocycles. The Morgan fingerprint density at radius 2 is 1.63 bits per heavy atom. The van der Waals surface area contributed by atoms with E-state index in [1.54, 1.807) is 4.90 Å². The quantitative estimate of drug-likeness (QED) is 0.616.